The molecule has 4 nitrogen and oxygen atoms in total. The van der Waals surface area contributed by atoms with Crippen LogP contribution in [0.5, 0.6) is 5.75 Å². The monoisotopic (exact) mass is 434 g/mol. The first kappa shape index (κ1) is 22.2. The van der Waals surface area contributed by atoms with Crippen molar-refractivity contribution in [2.45, 2.75) is 39.2 Å². The Morgan fingerprint density at radius 1 is 1.40 bits per heavy atom. The molecule has 2 heterocycles. The van der Waals surface area contributed by atoms with Crippen molar-refractivity contribution in [2.24, 2.45) is 5.92 Å². The number of ether oxygens (including phenoxy) is 1. The zero-order chi connectivity index (χ0) is 21.7. The maximum atomic E-state index is 13.9. The Kier molecular flexibility index (Phi) is 7.43. The van der Waals surface area contributed by atoms with Crippen molar-refractivity contribution >= 4 is 23.6 Å². The molecular weight excluding hydrogens is 410 g/mol. The number of hydrogen-bond donors (Lipinski definition) is 0. The Bertz CT molecular complexity index is 935. The number of nitrogens with zero attached hydrogens (tertiary/aromatic N) is 2. The van der Waals surface area contributed by atoms with Crippen LogP contribution in [0.15, 0.2) is 36.5 Å². The Labute approximate surface area is 180 Å². The third kappa shape index (κ3) is 5.57. The first-order valence-corrected chi connectivity index (χ1v) is 10.5. The second-order valence-electron chi connectivity index (χ2n) is 7.61. The molecule has 1 amide bonds. The van der Waals surface area contributed by atoms with E-state index in [1.165, 1.54) is 4.90 Å². The van der Waals surface area contributed by atoms with E-state index in [1.54, 1.807) is 6.20 Å². The summed E-state index contributed by atoms with van der Waals surface area (Å²) in [7, 11) is 0. The zero-order valence-corrected chi connectivity index (χ0v) is 17.8. The number of halogens is 3. The summed E-state index contributed by atoms with van der Waals surface area (Å²) in [5, 5.41) is 0.253. The van der Waals surface area contributed by atoms with Crippen molar-refractivity contribution in [3.63, 3.8) is 0 Å². The molecule has 0 bridgehead atoms. The second-order valence-corrected chi connectivity index (χ2v) is 7.97. The van der Waals surface area contributed by atoms with Gasteiger partial charge in [0, 0.05) is 25.2 Å². The Balaban J connectivity index is 1.63. The highest BCUT2D eigenvalue weighted by Crippen LogP contribution is 2.27. The van der Waals surface area contributed by atoms with Gasteiger partial charge in [0.2, 0.25) is 0 Å². The van der Waals surface area contributed by atoms with E-state index in [1.807, 2.05) is 12.1 Å². The molecule has 1 fully saturated rings. The number of benzene rings is 1. The molecule has 0 spiro atoms. The van der Waals surface area contributed by atoms with Crippen LogP contribution in [0.2, 0.25) is 5.15 Å². The molecule has 0 unspecified atom stereocenters. The minimum atomic E-state index is -0.867. The number of aromatic nitrogens is 1. The average Bonchev–Trinajstić information content (AvgIpc) is 3.18. The molecule has 1 saturated heterocycles. The highest BCUT2D eigenvalue weighted by Gasteiger charge is 2.30. The maximum absolute atomic E-state index is 13.9. The molecule has 0 radical (unpaired) electrons. The van der Waals surface area contributed by atoms with Crippen LogP contribution in [0.1, 0.15) is 49.0 Å². The fourth-order valence-electron chi connectivity index (χ4n) is 3.24. The smallest absolute Gasteiger partial charge is 0.256 e. The molecule has 1 aromatic heterocycles. The number of likely N-dealkylation sites (tertiary alicyclic amines) is 1. The summed E-state index contributed by atoms with van der Waals surface area (Å²) >= 11 is 6.19. The van der Waals surface area contributed by atoms with Crippen molar-refractivity contribution in [3.8, 4) is 5.75 Å². The summed E-state index contributed by atoms with van der Waals surface area (Å²) in [6.45, 7) is 5.07. The summed E-state index contributed by atoms with van der Waals surface area (Å²) in [5.41, 5.74) is 0.738. The zero-order valence-electron chi connectivity index (χ0n) is 17.1. The number of amides is 1. The molecule has 160 valence electrons. The lowest BCUT2D eigenvalue weighted by atomic mass is 10.0. The van der Waals surface area contributed by atoms with Crippen molar-refractivity contribution in [1.29, 1.82) is 0 Å². The van der Waals surface area contributed by atoms with Crippen LogP contribution in [-0.2, 0) is 0 Å². The molecule has 30 heavy (non-hydrogen) atoms. The molecule has 3 rings (SSSR count). The van der Waals surface area contributed by atoms with Crippen molar-refractivity contribution in [3.05, 3.63) is 64.5 Å². The van der Waals surface area contributed by atoms with Crippen molar-refractivity contribution < 1.29 is 18.3 Å². The summed E-state index contributed by atoms with van der Waals surface area (Å²) < 4.78 is 33.0. The van der Waals surface area contributed by atoms with E-state index in [0.29, 0.717) is 37.2 Å². The Hall–Kier alpha value is -2.47. The predicted octanol–water partition coefficient (Wildman–Crippen LogP) is 5.76. The quantitative estimate of drug-likeness (QED) is 0.520. The van der Waals surface area contributed by atoms with Crippen LogP contribution in [0.25, 0.3) is 6.08 Å². The number of pyridine rings is 1. The minimum Gasteiger partial charge on any atom is -0.485 e. The summed E-state index contributed by atoms with van der Waals surface area (Å²) in [5.74, 6) is -0.996. The van der Waals surface area contributed by atoms with Crippen LogP contribution >= 0.6 is 11.6 Å². The predicted molar refractivity (Wildman–Crippen MR) is 114 cm³/mol. The molecule has 1 aromatic carbocycles. The van der Waals surface area contributed by atoms with E-state index in [0.717, 1.165) is 30.5 Å². The molecule has 2 atom stereocenters. The van der Waals surface area contributed by atoms with Crippen LogP contribution in [0, 0.1) is 17.6 Å². The number of rotatable bonds is 7. The van der Waals surface area contributed by atoms with Gasteiger partial charge in [-0.2, -0.15) is 0 Å². The second kappa shape index (κ2) is 10.0. The number of carbonyl (C=O) groups excluding carboxylic acids is 1. The fraction of sp³-hybridized carbons (Fsp3) is 0.391. The molecule has 0 aliphatic carbocycles. The lowest BCUT2D eigenvalue weighted by Gasteiger charge is -2.18. The average molecular weight is 435 g/mol. The normalized spacial score (nSPS) is 17.5. The van der Waals surface area contributed by atoms with Gasteiger partial charge in [0.25, 0.3) is 5.91 Å². The van der Waals surface area contributed by atoms with E-state index in [4.69, 9.17) is 16.3 Å². The third-order valence-corrected chi connectivity index (χ3v) is 5.54. The lowest BCUT2D eigenvalue weighted by Crippen LogP contribution is -2.31. The Morgan fingerprint density at radius 3 is 2.93 bits per heavy atom. The first-order chi connectivity index (χ1) is 14.4. The van der Waals surface area contributed by atoms with Crippen LogP contribution in [-0.4, -0.2) is 35.0 Å². The van der Waals surface area contributed by atoms with Gasteiger partial charge in [-0.05, 0) is 36.1 Å². The molecule has 7 heteroatoms. The number of carbonyl (C=O) groups is 1. The Morgan fingerprint density at radius 2 is 2.20 bits per heavy atom. The number of allylic oxidation sites excluding steroid dienone is 1. The molecular formula is C23H25ClF2N2O2. The third-order valence-electron chi connectivity index (χ3n) is 5.26. The highest BCUT2D eigenvalue weighted by atomic mass is 35.5. The number of hydrogen-bond acceptors (Lipinski definition) is 3. The summed E-state index contributed by atoms with van der Waals surface area (Å²) in [6.07, 6.45) is 8.19. The molecule has 1 aliphatic heterocycles. The molecule has 1 aliphatic rings. The van der Waals surface area contributed by atoms with E-state index in [2.05, 4.69) is 24.9 Å². The van der Waals surface area contributed by atoms with Crippen molar-refractivity contribution in [2.75, 3.05) is 13.1 Å². The summed E-state index contributed by atoms with van der Waals surface area (Å²) in [6, 6.07) is 4.78. The summed E-state index contributed by atoms with van der Waals surface area (Å²) in [4.78, 5) is 18.2. The van der Waals surface area contributed by atoms with E-state index < -0.39 is 17.5 Å². The van der Waals surface area contributed by atoms with Gasteiger partial charge in [-0.3, -0.25) is 4.79 Å². The minimum absolute atomic E-state index is 0.148. The van der Waals surface area contributed by atoms with Gasteiger partial charge in [-0.25, -0.2) is 13.8 Å². The van der Waals surface area contributed by atoms with E-state index >= 15 is 0 Å². The standard InChI is InChI=1S/C23H25ClF2N2O2/c1-3-15(2)5-4-6-16-11-21(22(24)27-13-16)30-18-9-10-28(14-18)23(29)19-8-7-17(25)12-20(19)26/h4,6-8,11-13,15,18H,3,5,9-10,14H2,1-2H3/b6-4+/t15-,18-/m1/s1. The van der Waals surface area contributed by atoms with E-state index in [-0.39, 0.29) is 16.8 Å². The molecule has 0 saturated carbocycles. The van der Waals surface area contributed by atoms with Gasteiger partial charge in [0.15, 0.2) is 10.9 Å². The van der Waals surface area contributed by atoms with Gasteiger partial charge in [0.05, 0.1) is 12.1 Å². The van der Waals surface area contributed by atoms with Crippen LogP contribution in [0.4, 0.5) is 8.78 Å². The molecule has 2 aromatic rings. The fourth-order valence-corrected chi connectivity index (χ4v) is 3.39. The largest absolute Gasteiger partial charge is 0.485 e. The SMILES string of the molecule is CC[C@@H](C)C/C=C/c1cnc(Cl)c(O[C@@H]2CCN(C(=O)c3ccc(F)cc3F)C2)c1. The maximum Gasteiger partial charge on any atom is 0.256 e. The highest BCUT2D eigenvalue weighted by molar-refractivity contribution is 6.30. The van der Waals surface area contributed by atoms with E-state index in [9.17, 15) is 13.6 Å². The van der Waals surface area contributed by atoms with Crippen LogP contribution in [0.3, 0.4) is 0 Å². The van der Waals surface area contributed by atoms with Crippen molar-refractivity contribution in [1.82, 2.24) is 9.88 Å². The first-order valence-electron chi connectivity index (χ1n) is 10.1. The van der Waals surface area contributed by atoms with Crippen LogP contribution < -0.4 is 4.74 Å². The lowest BCUT2D eigenvalue weighted by molar-refractivity contribution is 0.0767. The van der Waals surface area contributed by atoms with Gasteiger partial charge in [-0.15, -0.1) is 0 Å². The topological polar surface area (TPSA) is 42.4 Å². The van der Waals surface area contributed by atoms with Gasteiger partial charge >= 0.3 is 0 Å². The van der Waals surface area contributed by atoms with Gasteiger partial charge in [0.1, 0.15) is 17.7 Å². The molecule has 0 N–H and O–H groups in total. The van der Waals surface area contributed by atoms with Gasteiger partial charge in [-0.1, -0.05) is 44.0 Å². The van der Waals surface area contributed by atoms with Gasteiger partial charge < -0.3 is 9.64 Å².